The summed E-state index contributed by atoms with van der Waals surface area (Å²) in [5.74, 6) is 0. The Hall–Kier alpha value is -0.380. The number of nitrogens with zero attached hydrogens (tertiary/aromatic N) is 1. The van der Waals surface area contributed by atoms with Crippen molar-refractivity contribution in [2.45, 2.75) is 32.5 Å². The maximum absolute atomic E-state index is 9.43. The van der Waals surface area contributed by atoms with E-state index in [9.17, 15) is 5.11 Å². The van der Waals surface area contributed by atoms with Gasteiger partial charge in [0.1, 0.15) is 6.23 Å². The summed E-state index contributed by atoms with van der Waals surface area (Å²) in [5.41, 5.74) is 2.92. The van der Waals surface area contributed by atoms with Gasteiger partial charge in [0.25, 0.3) is 0 Å². The van der Waals surface area contributed by atoms with Gasteiger partial charge in [-0.05, 0) is 20.4 Å². The minimum atomic E-state index is -0.437. The van der Waals surface area contributed by atoms with Gasteiger partial charge < -0.3 is 5.11 Å². The first kappa shape index (κ1) is 10.6. The van der Waals surface area contributed by atoms with Gasteiger partial charge >= 0.3 is 0 Å². The Bertz CT molecular complexity index is 117. The second kappa shape index (κ2) is 5.29. The van der Waals surface area contributed by atoms with Crippen molar-refractivity contribution in [3.8, 4) is 0 Å². The molecule has 0 radical (unpaired) electrons. The zero-order chi connectivity index (χ0) is 8.85. The minimum absolute atomic E-state index is 0.148. The van der Waals surface area contributed by atoms with Crippen LogP contribution in [0.3, 0.4) is 0 Å². The molecule has 0 aliphatic heterocycles. The van der Waals surface area contributed by atoms with E-state index in [1.165, 1.54) is 0 Å². The molecule has 0 rings (SSSR count). The molecule has 0 spiro atoms. The SMILES string of the molecule is C=C[C@@H](C)N(NC)C(O)CC. The molecular weight excluding hydrogens is 140 g/mol. The molecule has 0 amide bonds. The summed E-state index contributed by atoms with van der Waals surface area (Å²) < 4.78 is 0. The lowest BCUT2D eigenvalue weighted by molar-refractivity contribution is -0.0419. The molecule has 0 heterocycles. The first-order chi connectivity index (χ1) is 5.17. The Morgan fingerprint density at radius 1 is 1.73 bits per heavy atom. The summed E-state index contributed by atoms with van der Waals surface area (Å²) in [6.07, 6.45) is 2.06. The average molecular weight is 158 g/mol. The van der Waals surface area contributed by atoms with E-state index >= 15 is 0 Å². The van der Waals surface area contributed by atoms with Crippen LogP contribution in [-0.2, 0) is 0 Å². The van der Waals surface area contributed by atoms with E-state index in [1.54, 1.807) is 18.1 Å². The third-order valence-corrected chi connectivity index (χ3v) is 1.72. The van der Waals surface area contributed by atoms with E-state index in [0.717, 1.165) is 0 Å². The third-order valence-electron chi connectivity index (χ3n) is 1.72. The van der Waals surface area contributed by atoms with Crippen molar-refractivity contribution in [2.75, 3.05) is 7.05 Å². The van der Waals surface area contributed by atoms with E-state index in [2.05, 4.69) is 12.0 Å². The van der Waals surface area contributed by atoms with Crippen LogP contribution in [0.1, 0.15) is 20.3 Å². The summed E-state index contributed by atoms with van der Waals surface area (Å²) in [7, 11) is 1.79. The van der Waals surface area contributed by atoms with Gasteiger partial charge in [-0.1, -0.05) is 13.0 Å². The van der Waals surface area contributed by atoms with Gasteiger partial charge in [-0.3, -0.25) is 5.43 Å². The molecular formula is C8H18N2O. The lowest BCUT2D eigenvalue weighted by atomic mass is 10.3. The van der Waals surface area contributed by atoms with Crippen molar-refractivity contribution in [1.29, 1.82) is 0 Å². The Labute approximate surface area is 68.7 Å². The Kier molecular flexibility index (Phi) is 5.11. The smallest absolute Gasteiger partial charge is 0.120 e. The molecule has 0 saturated heterocycles. The Morgan fingerprint density at radius 3 is 2.55 bits per heavy atom. The lowest BCUT2D eigenvalue weighted by Gasteiger charge is -2.29. The van der Waals surface area contributed by atoms with Gasteiger partial charge in [0.2, 0.25) is 0 Å². The van der Waals surface area contributed by atoms with Crippen LogP contribution in [0.4, 0.5) is 0 Å². The molecule has 0 aromatic rings. The van der Waals surface area contributed by atoms with E-state index in [4.69, 9.17) is 0 Å². The molecule has 11 heavy (non-hydrogen) atoms. The summed E-state index contributed by atoms with van der Waals surface area (Å²) in [4.78, 5) is 0. The van der Waals surface area contributed by atoms with Crippen LogP contribution in [0.2, 0.25) is 0 Å². The van der Waals surface area contributed by atoms with Crippen LogP contribution in [0, 0.1) is 0 Å². The van der Waals surface area contributed by atoms with Gasteiger partial charge in [0.15, 0.2) is 0 Å². The quantitative estimate of drug-likeness (QED) is 0.352. The van der Waals surface area contributed by atoms with Crippen LogP contribution in [0.15, 0.2) is 12.7 Å². The molecule has 3 heteroatoms. The van der Waals surface area contributed by atoms with Gasteiger partial charge in [-0.15, -0.1) is 6.58 Å². The van der Waals surface area contributed by atoms with Crippen LogP contribution < -0.4 is 5.43 Å². The van der Waals surface area contributed by atoms with E-state index < -0.39 is 6.23 Å². The third kappa shape index (κ3) is 3.01. The highest BCUT2D eigenvalue weighted by molar-refractivity contribution is 4.82. The van der Waals surface area contributed by atoms with Gasteiger partial charge in [-0.25, -0.2) is 5.01 Å². The van der Waals surface area contributed by atoms with Gasteiger partial charge in [0.05, 0.1) is 0 Å². The van der Waals surface area contributed by atoms with Crippen LogP contribution in [0.5, 0.6) is 0 Å². The van der Waals surface area contributed by atoms with Crippen molar-refractivity contribution in [3.05, 3.63) is 12.7 Å². The second-order valence-corrected chi connectivity index (χ2v) is 2.50. The number of hydrogen-bond donors (Lipinski definition) is 2. The largest absolute Gasteiger partial charge is 0.377 e. The number of aliphatic hydroxyl groups excluding tert-OH is 1. The summed E-state index contributed by atoms with van der Waals surface area (Å²) in [5, 5.41) is 11.2. The fraction of sp³-hybridized carbons (Fsp3) is 0.750. The van der Waals surface area contributed by atoms with Crippen molar-refractivity contribution in [3.63, 3.8) is 0 Å². The number of nitrogens with one attached hydrogen (secondary N) is 1. The van der Waals surface area contributed by atoms with E-state index in [1.807, 2.05) is 13.8 Å². The van der Waals surface area contributed by atoms with Crippen LogP contribution in [-0.4, -0.2) is 29.4 Å². The highest BCUT2D eigenvalue weighted by atomic mass is 16.3. The molecule has 2 atom stereocenters. The average Bonchev–Trinajstić information content (AvgIpc) is 2.05. The highest BCUT2D eigenvalue weighted by Gasteiger charge is 2.15. The van der Waals surface area contributed by atoms with Crippen molar-refractivity contribution in [1.82, 2.24) is 10.4 Å². The maximum Gasteiger partial charge on any atom is 0.120 e. The Morgan fingerprint density at radius 2 is 2.27 bits per heavy atom. The predicted molar refractivity (Wildman–Crippen MR) is 46.9 cm³/mol. The topological polar surface area (TPSA) is 35.5 Å². The predicted octanol–water partition coefficient (Wildman–Crippen LogP) is 0.726. The number of hydrazine groups is 1. The van der Waals surface area contributed by atoms with Gasteiger partial charge in [0, 0.05) is 6.04 Å². The summed E-state index contributed by atoms with van der Waals surface area (Å²) in [6.45, 7) is 7.56. The van der Waals surface area contributed by atoms with E-state index in [-0.39, 0.29) is 6.04 Å². The molecule has 3 nitrogen and oxygen atoms in total. The molecule has 0 aromatic heterocycles. The first-order valence-electron chi connectivity index (χ1n) is 3.93. The van der Waals surface area contributed by atoms with Crippen LogP contribution in [0.25, 0.3) is 0 Å². The molecule has 1 unspecified atom stereocenters. The van der Waals surface area contributed by atoms with Gasteiger partial charge in [-0.2, -0.15) is 0 Å². The monoisotopic (exact) mass is 158 g/mol. The fourth-order valence-corrected chi connectivity index (χ4v) is 0.934. The lowest BCUT2D eigenvalue weighted by Crippen LogP contribution is -2.48. The van der Waals surface area contributed by atoms with Crippen molar-refractivity contribution in [2.24, 2.45) is 0 Å². The van der Waals surface area contributed by atoms with Crippen LogP contribution >= 0.6 is 0 Å². The number of rotatable bonds is 5. The standard InChI is InChI=1S/C8H18N2O/c1-5-7(3)10(9-4)8(11)6-2/h5,7-9,11H,1,6H2,2-4H3/t7-,8?/m1/s1. The first-order valence-corrected chi connectivity index (χ1v) is 3.93. The molecule has 0 bridgehead atoms. The zero-order valence-electron chi connectivity index (χ0n) is 7.54. The number of aliphatic hydroxyl groups is 1. The second-order valence-electron chi connectivity index (χ2n) is 2.50. The molecule has 0 aliphatic carbocycles. The highest BCUT2D eigenvalue weighted by Crippen LogP contribution is 2.02. The fourth-order valence-electron chi connectivity index (χ4n) is 0.934. The van der Waals surface area contributed by atoms with Crippen molar-refractivity contribution < 1.29 is 5.11 Å². The molecule has 0 aromatic carbocycles. The zero-order valence-corrected chi connectivity index (χ0v) is 7.54. The summed E-state index contributed by atoms with van der Waals surface area (Å²) >= 11 is 0. The van der Waals surface area contributed by atoms with E-state index in [0.29, 0.717) is 6.42 Å². The Balaban J connectivity index is 4.02. The number of hydrogen-bond acceptors (Lipinski definition) is 3. The van der Waals surface area contributed by atoms with Crippen molar-refractivity contribution >= 4 is 0 Å². The molecule has 0 fully saturated rings. The summed E-state index contributed by atoms with van der Waals surface area (Å²) in [6, 6.07) is 0.148. The minimum Gasteiger partial charge on any atom is -0.377 e. The molecule has 0 aliphatic rings. The molecule has 66 valence electrons. The molecule has 0 saturated carbocycles. The molecule has 2 N–H and O–H groups in total. The maximum atomic E-state index is 9.43. The normalized spacial score (nSPS) is 16.5.